The molecule has 9 amide bonds. The molecule has 1 saturated heterocycles. The van der Waals surface area contributed by atoms with E-state index in [1.54, 1.807) is 44.2 Å². The summed E-state index contributed by atoms with van der Waals surface area (Å²) in [5.41, 5.74) is 27.4. The Kier molecular flexibility index (Phi) is 27.3. The van der Waals surface area contributed by atoms with Crippen molar-refractivity contribution in [2.24, 2.45) is 28.9 Å². The van der Waals surface area contributed by atoms with Crippen molar-refractivity contribution < 1.29 is 63.2 Å². The predicted molar refractivity (Wildman–Crippen MR) is 263 cm³/mol. The Bertz CT molecular complexity index is 2010. The molecule has 0 aliphatic carbocycles. The summed E-state index contributed by atoms with van der Waals surface area (Å²) >= 11 is 0. The molecule has 19 N–H and O–H groups in total. The van der Waals surface area contributed by atoms with E-state index in [-0.39, 0.29) is 62.7 Å². The molecule has 388 valence electrons. The fraction of sp³-hybridized carbons (Fsp3) is 0.568. The van der Waals surface area contributed by atoms with Crippen molar-refractivity contribution in [1.29, 1.82) is 0 Å². The first-order chi connectivity index (χ1) is 33.3. The van der Waals surface area contributed by atoms with Crippen molar-refractivity contribution in [2.75, 3.05) is 31.1 Å². The summed E-state index contributed by atoms with van der Waals surface area (Å²) in [6.45, 7) is 11.5. The van der Waals surface area contributed by atoms with Crippen LogP contribution in [0.2, 0.25) is 0 Å². The van der Waals surface area contributed by atoms with Gasteiger partial charge in [0.25, 0.3) is 5.91 Å². The molecule has 1 heterocycles. The van der Waals surface area contributed by atoms with Crippen molar-refractivity contribution in [3.8, 4) is 0 Å². The number of primary amides is 1. The number of carbonyl (C=O) groups excluding carboxylic acids is 10. The Morgan fingerprint density at radius 2 is 1.51 bits per heavy atom. The number of nitrogens with zero attached hydrogens (tertiary/aromatic N) is 1. The predicted octanol–water partition coefficient (Wildman–Crippen LogP) is -6.52. The summed E-state index contributed by atoms with van der Waals surface area (Å²) in [6.07, 6.45) is 1.29. The van der Waals surface area contributed by atoms with Crippen molar-refractivity contribution in [3.63, 3.8) is 0 Å². The molecule has 1 aromatic rings. The van der Waals surface area contributed by atoms with Crippen LogP contribution in [0.1, 0.15) is 70.8 Å². The number of carbonyl (C=O) groups is 10. The Morgan fingerprint density at radius 1 is 0.886 bits per heavy atom. The van der Waals surface area contributed by atoms with E-state index in [1.165, 1.54) is 0 Å². The maximum absolute atomic E-state index is 14.3. The lowest BCUT2D eigenvalue weighted by Gasteiger charge is -2.29. The molecular formula is C44H72N14O10S2+2. The number of hydrogen-bond acceptors (Lipinski definition) is 13. The summed E-state index contributed by atoms with van der Waals surface area (Å²) in [5, 5.41) is 18.2. The van der Waals surface area contributed by atoms with Gasteiger partial charge in [-0.15, -0.1) is 6.42 Å². The Balaban J connectivity index is 2.66. The fourth-order valence-corrected chi connectivity index (χ4v) is 9.19. The standard InChI is InChI=1S/C44H70N14O10S2/c1-5-25(3)35-42(67)53-29(16-12-18-51-44(48)49)38(63)55-31(22-34(47)60)39(64)56-32(24-70-69-23-27(46)36(61)54-30(40(65)57-35)21-26-13-8-7-9-14-26)43(68)58(4)33(6-2)41(66)52-28(15-10-11-17-45)37(62)50-19-20-59/h7-9,13-14,20,25,27-33,35H,2,4-6,10-12,15-19,21-24,45-46H2,1,3H3,(H2,47,60)(H,50,62)(H,52,66)(H,53,67)(H,54,61)(H,55,63)(H,56,64)(H,57,65)(H4,48,49,51)/p+2/t25-,27-,28-,29-,30-,31-,32-,33-,35-/m0/s1. The summed E-state index contributed by atoms with van der Waals surface area (Å²) in [5.74, 6) is -8.56. The summed E-state index contributed by atoms with van der Waals surface area (Å²) in [6, 6.07) is -1.99. The number of nitrogens with two attached hydrogens (primary N) is 4. The number of benzene rings is 1. The van der Waals surface area contributed by atoms with Gasteiger partial charge >= 0.3 is 11.9 Å². The fourth-order valence-electron chi connectivity index (χ4n) is 6.92. The van der Waals surface area contributed by atoms with Crippen LogP contribution in [0.15, 0.2) is 30.3 Å². The average Bonchev–Trinajstić information content (AvgIpc) is 3.32. The van der Waals surface area contributed by atoms with Crippen LogP contribution in [0.4, 0.5) is 0 Å². The smallest absolute Gasteiger partial charge is 0.370 e. The zero-order valence-corrected chi connectivity index (χ0v) is 41.5. The molecule has 24 nitrogen and oxygen atoms in total. The Hall–Kier alpha value is -6.12. The highest BCUT2D eigenvalue weighted by molar-refractivity contribution is 8.76. The number of amides is 9. The highest BCUT2D eigenvalue weighted by Gasteiger charge is 2.40. The van der Waals surface area contributed by atoms with Crippen molar-refractivity contribution in [2.45, 2.75) is 120 Å². The highest BCUT2D eigenvalue weighted by atomic mass is 33.1. The van der Waals surface area contributed by atoms with Crippen LogP contribution in [-0.2, 0) is 54.4 Å². The molecule has 1 aliphatic rings. The second kappa shape index (κ2) is 31.9. The molecule has 1 fully saturated rings. The number of aldehydes is 1. The van der Waals surface area contributed by atoms with Crippen molar-refractivity contribution in [3.05, 3.63) is 42.8 Å². The minimum Gasteiger partial charge on any atom is -0.370 e. The third kappa shape index (κ3) is 20.9. The van der Waals surface area contributed by atoms with Crippen LogP contribution in [0, 0.1) is 12.8 Å². The molecule has 0 saturated carbocycles. The number of unbranched alkanes of at least 4 members (excludes halogenated alkanes) is 1. The normalized spacial score (nSPS) is 22.2. The van der Waals surface area contributed by atoms with Gasteiger partial charge in [-0.3, -0.25) is 54.8 Å². The molecular weight excluding hydrogens is 949 g/mol. The lowest BCUT2D eigenvalue weighted by Crippen LogP contribution is -2.78. The van der Waals surface area contributed by atoms with Crippen molar-refractivity contribution in [1.82, 2.24) is 37.2 Å². The van der Waals surface area contributed by atoms with Crippen LogP contribution < -0.4 is 70.9 Å². The van der Waals surface area contributed by atoms with Gasteiger partial charge in [0.2, 0.25) is 47.4 Å². The lowest BCUT2D eigenvalue weighted by atomic mass is 9.96. The van der Waals surface area contributed by atoms with Crippen molar-refractivity contribution >= 4 is 93.7 Å². The zero-order chi connectivity index (χ0) is 52.3. The number of rotatable bonds is 22. The van der Waals surface area contributed by atoms with Crippen LogP contribution >= 0.6 is 21.6 Å². The monoisotopic (exact) mass is 1020 g/mol. The van der Waals surface area contributed by atoms with Gasteiger partial charge in [0.1, 0.15) is 43.2 Å². The Morgan fingerprint density at radius 3 is 2.13 bits per heavy atom. The van der Waals surface area contributed by atoms with Gasteiger partial charge in [0.05, 0.1) is 32.1 Å². The minimum atomic E-state index is -1.72. The number of guanidine groups is 1. The lowest BCUT2D eigenvalue weighted by molar-refractivity contribution is -0.468. The minimum absolute atomic E-state index is 0.0182. The molecule has 1 aliphatic heterocycles. The highest BCUT2D eigenvalue weighted by Crippen LogP contribution is 2.24. The second-order valence-electron chi connectivity index (χ2n) is 16.6. The molecule has 0 bridgehead atoms. The zero-order valence-electron chi connectivity index (χ0n) is 39.8. The van der Waals surface area contributed by atoms with Gasteiger partial charge in [-0.2, -0.15) is 4.58 Å². The van der Waals surface area contributed by atoms with Crippen LogP contribution in [0.3, 0.4) is 0 Å². The summed E-state index contributed by atoms with van der Waals surface area (Å²) in [7, 11) is 2.03. The third-order valence-corrected chi connectivity index (χ3v) is 13.6. The summed E-state index contributed by atoms with van der Waals surface area (Å²) in [4.78, 5) is 137. The molecule has 0 radical (unpaired) electrons. The first-order valence-corrected chi connectivity index (χ1v) is 25.5. The van der Waals surface area contributed by atoms with Gasteiger partial charge in [-0.25, -0.2) is 4.79 Å². The van der Waals surface area contributed by atoms with E-state index in [9.17, 15) is 47.9 Å². The van der Waals surface area contributed by atoms with E-state index in [4.69, 9.17) is 22.9 Å². The molecule has 0 aromatic heterocycles. The molecule has 70 heavy (non-hydrogen) atoms. The second-order valence-corrected chi connectivity index (χ2v) is 19.2. The largest absolute Gasteiger partial charge is 0.410 e. The molecule has 0 spiro atoms. The van der Waals surface area contributed by atoms with Crippen LogP contribution in [0.25, 0.3) is 0 Å². The van der Waals surface area contributed by atoms with Crippen LogP contribution in [-0.4, -0.2) is 156 Å². The average molecular weight is 1020 g/mol. The number of hydrogen-bond donors (Lipinski definition) is 13. The van der Waals surface area contributed by atoms with Gasteiger partial charge < -0.3 is 66.1 Å². The van der Waals surface area contributed by atoms with E-state index in [0.29, 0.717) is 37.7 Å². The van der Waals surface area contributed by atoms with E-state index in [1.807, 2.05) is 0 Å². The molecule has 9 atom stereocenters. The van der Waals surface area contributed by atoms with E-state index < -0.39 is 114 Å². The van der Waals surface area contributed by atoms with Gasteiger partial charge in [0.15, 0.2) is 6.04 Å². The number of quaternary nitrogens is 1. The number of nitrogens with one attached hydrogen (secondary N) is 8. The maximum Gasteiger partial charge on any atom is 0.410 e. The Labute approximate surface area is 415 Å². The van der Waals surface area contributed by atoms with E-state index >= 15 is 0 Å². The maximum atomic E-state index is 14.3. The first kappa shape index (κ1) is 60.0. The first-order valence-electron chi connectivity index (χ1n) is 23.0. The van der Waals surface area contributed by atoms with E-state index in [2.05, 4.69) is 61.6 Å². The summed E-state index contributed by atoms with van der Waals surface area (Å²) < 4.78 is 0.783. The molecule has 1 aromatic carbocycles. The van der Waals surface area contributed by atoms with Gasteiger partial charge in [-0.1, -0.05) is 72.2 Å². The van der Waals surface area contributed by atoms with Gasteiger partial charge in [0, 0.05) is 17.9 Å². The molecule has 0 unspecified atom stereocenters. The van der Waals surface area contributed by atoms with Gasteiger partial charge in [-0.05, 0) is 43.6 Å². The van der Waals surface area contributed by atoms with E-state index in [0.717, 1.165) is 26.2 Å². The topological polar surface area (TPSA) is 404 Å². The molecule has 2 rings (SSSR count). The third-order valence-electron chi connectivity index (χ3n) is 11.1. The quantitative estimate of drug-likeness (QED) is 0.00977. The SMILES string of the molecule is C=[N+](C(=O)[C@@H]1CSSC[C@H](N)C(=O)N[C@@H](Cc2ccccc2)C(=O)N[C@@H]([C@@H](C)CC)C(=O)N[C@@H](CCC[NH+]=C(N)N)C(=O)N[C@@H](CC(N)=O)C(=O)N1)[C@@H](C[CH2-])C(=O)N[C@@H](CCCC[NH3+])C(=O)NCC=O. The van der Waals surface area contributed by atoms with Crippen LogP contribution in [0.5, 0.6) is 0 Å². The molecule has 26 heteroatoms.